The molecule has 0 amide bonds. The Kier molecular flexibility index (Phi) is 3.35. The van der Waals surface area contributed by atoms with Crippen molar-refractivity contribution in [3.05, 3.63) is 27.8 Å². The first-order chi connectivity index (χ1) is 9.32. The normalized spacial score (nSPS) is 20.8. The van der Waals surface area contributed by atoms with Crippen molar-refractivity contribution in [1.29, 1.82) is 0 Å². The molecule has 3 heterocycles. The van der Waals surface area contributed by atoms with Crippen molar-refractivity contribution in [1.82, 2.24) is 0 Å². The lowest BCUT2D eigenvalue weighted by Crippen LogP contribution is -2.52. The molecule has 19 heavy (non-hydrogen) atoms. The first-order valence-electron chi connectivity index (χ1n) is 6.08. The quantitative estimate of drug-likeness (QED) is 0.596. The molecule has 1 spiro atoms. The van der Waals surface area contributed by atoms with Crippen molar-refractivity contribution < 1.29 is 9.33 Å². The molecule has 1 aromatic heterocycles. The molecular weight excluding hydrogens is 262 g/mol. The number of aliphatic imine (C=N–C) groups is 2. The lowest BCUT2D eigenvalue weighted by molar-refractivity contribution is -0.855. The predicted octanol–water partition coefficient (Wildman–Crippen LogP) is 1.56. The number of hydrogen-bond acceptors (Lipinski definition) is 5. The number of guanidine groups is 1. The Labute approximate surface area is 114 Å². The molecule has 98 valence electrons. The van der Waals surface area contributed by atoms with Gasteiger partial charge < -0.3 is 15.1 Å². The van der Waals surface area contributed by atoms with Gasteiger partial charge in [0.2, 0.25) is 0 Å². The second-order valence-electron chi connectivity index (χ2n) is 4.38. The summed E-state index contributed by atoms with van der Waals surface area (Å²) in [5.41, 5.74) is 0. The number of nitrogens with zero attached hydrogens (tertiary/aromatic N) is 5. The zero-order chi connectivity index (χ0) is 13.1. The summed E-state index contributed by atoms with van der Waals surface area (Å²) in [6.07, 6.45) is 0.697. The Balaban J connectivity index is 1.88. The molecule has 0 aromatic carbocycles. The maximum absolute atomic E-state index is 8.80. The van der Waals surface area contributed by atoms with E-state index in [1.54, 1.807) is 11.3 Å². The van der Waals surface area contributed by atoms with Crippen LogP contribution in [0, 0.1) is 0 Å². The third-order valence-corrected chi connectivity index (χ3v) is 4.06. The molecule has 0 radical (unpaired) electrons. The highest BCUT2D eigenvalue weighted by molar-refractivity contribution is 7.10. The van der Waals surface area contributed by atoms with Crippen LogP contribution in [0.3, 0.4) is 0 Å². The molecule has 3 rings (SSSR count). The summed E-state index contributed by atoms with van der Waals surface area (Å²) in [4.78, 5) is 9.49. The summed E-state index contributed by atoms with van der Waals surface area (Å²) in [6.45, 7) is 2.63. The van der Waals surface area contributed by atoms with Gasteiger partial charge in [0.05, 0.1) is 13.2 Å². The summed E-state index contributed by atoms with van der Waals surface area (Å²) in [6, 6.07) is 5.90. The molecule has 0 saturated carbocycles. The van der Waals surface area contributed by atoms with E-state index in [2.05, 4.69) is 21.2 Å². The van der Waals surface area contributed by atoms with Gasteiger partial charge in [-0.3, -0.25) is 0 Å². The molecule has 0 atom stereocenters. The highest BCUT2D eigenvalue weighted by Gasteiger charge is 2.39. The van der Waals surface area contributed by atoms with E-state index in [1.807, 2.05) is 17.5 Å². The van der Waals surface area contributed by atoms with Crippen LogP contribution in [-0.2, 0) is 11.2 Å². The van der Waals surface area contributed by atoms with Gasteiger partial charge in [0.1, 0.15) is 13.1 Å². The van der Waals surface area contributed by atoms with Crippen molar-refractivity contribution in [2.45, 2.75) is 6.42 Å². The van der Waals surface area contributed by atoms with Gasteiger partial charge in [0, 0.05) is 11.3 Å². The fourth-order valence-electron chi connectivity index (χ4n) is 2.25. The Morgan fingerprint density at radius 3 is 3.00 bits per heavy atom. The van der Waals surface area contributed by atoms with E-state index < -0.39 is 0 Å². The zero-order valence-electron chi connectivity index (χ0n) is 10.3. The number of thiophene rings is 1. The number of amidine groups is 1. The van der Waals surface area contributed by atoms with E-state index in [0.29, 0.717) is 43.3 Å². The molecule has 1 saturated heterocycles. The van der Waals surface area contributed by atoms with Crippen molar-refractivity contribution in [2.24, 2.45) is 15.1 Å². The molecule has 0 unspecified atom stereocenters. The predicted molar refractivity (Wildman–Crippen MR) is 74.5 cm³/mol. The Morgan fingerprint density at radius 2 is 2.32 bits per heavy atom. The maximum Gasteiger partial charge on any atom is 0.261 e. The van der Waals surface area contributed by atoms with Gasteiger partial charge in [-0.15, -0.1) is 21.9 Å². The average Bonchev–Trinajstić information content (AvgIpc) is 3.02. The van der Waals surface area contributed by atoms with Gasteiger partial charge in [0.25, 0.3) is 5.96 Å². The SMILES string of the molecule is [N-]=C=NC1=NC(Cc2cccs2)=N[N+]12CCOCC2. The van der Waals surface area contributed by atoms with Crippen LogP contribution in [0.25, 0.3) is 5.41 Å². The van der Waals surface area contributed by atoms with E-state index in [4.69, 9.17) is 10.1 Å². The monoisotopic (exact) mass is 275 g/mol. The first-order valence-corrected chi connectivity index (χ1v) is 6.96. The summed E-state index contributed by atoms with van der Waals surface area (Å²) < 4.78 is 5.68. The third kappa shape index (κ3) is 2.41. The number of hydrogen-bond donors (Lipinski definition) is 0. The van der Waals surface area contributed by atoms with Crippen molar-refractivity contribution >= 4 is 29.1 Å². The largest absolute Gasteiger partial charge is 0.422 e. The molecular formula is C12H13N5OS. The zero-order valence-corrected chi connectivity index (χ0v) is 11.1. The van der Waals surface area contributed by atoms with E-state index >= 15 is 0 Å². The minimum Gasteiger partial charge on any atom is -0.422 e. The lowest BCUT2D eigenvalue weighted by atomic mass is 10.3. The molecule has 0 aliphatic carbocycles. The minimum absolute atomic E-state index is 0.314. The number of ether oxygens (including phenoxy) is 1. The molecule has 1 aromatic rings. The van der Waals surface area contributed by atoms with Gasteiger partial charge >= 0.3 is 0 Å². The molecule has 6 nitrogen and oxygen atoms in total. The Bertz CT molecular complexity index is 565. The molecule has 7 heteroatoms. The summed E-state index contributed by atoms with van der Waals surface area (Å²) >= 11 is 1.68. The second kappa shape index (κ2) is 5.14. The van der Waals surface area contributed by atoms with Crippen LogP contribution >= 0.6 is 11.3 Å². The number of quaternary nitrogens is 1. The second-order valence-corrected chi connectivity index (χ2v) is 5.41. The minimum atomic E-state index is 0.314. The Morgan fingerprint density at radius 1 is 1.47 bits per heavy atom. The maximum atomic E-state index is 8.80. The average molecular weight is 275 g/mol. The Hall–Kier alpha value is -1.66. The van der Waals surface area contributed by atoms with Crippen molar-refractivity contribution in [3.8, 4) is 0 Å². The van der Waals surface area contributed by atoms with Crippen LogP contribution in [0.5, 0.6) is 0 Å². The van der Waals surface area contributed by atoms with E-state index in [1.165, 1.54) is 4.88 Å². The van der Waals surface area contributed by atoms with Crippen LogP contribution in [0.15, 0.2) is 32.6 Å². The summed E-state index contributed by atoms with van der Waals surface area (Å²) in [7, 11) is 0. The fourth-order valence-corrected chi connectivity index (χ4v) is 2.95. The van der Waals surface area contributed by atoms with Gasteiger partial charge in [-0.25, -0.2) is 0 Å². The van der Waals surface area contributed by atoms with E-state index in [-0.39, 0.29) is 0 Å². The molecule has 0 N–H and O–H groups in total. The van der Waals surface area contributed by atoms with Crippen LogP contribution < -0.4 is 0 Å². The molecule has 1 fully saturated rings. The number of rotatable bonds is 2. The molecule has 2 aliphatic rings. The van der Waals surface area contributed by atoms with Crippen molar-refractivity contribution in [3.63, 3.8) is 0 Å². The van der Waals surface area contributed by atoms with Crippen LogP contribution in [0.4, 0.5) is 0 Å². The van der Waals surface area contributed by atoms with Crippen LogP contribution in [0.1, 0.15) is 4.88 Å². The highest BCUT2D eigenvalue weighted by Crippen LogP contribution is 2.23. The third-order valence-electron chi connectivity index (χ3n) is 3.18. The highest BCUT2D eigenvalue weighted by atomic mass is 32.1. The van der Waals surface area contributed by atoms with E-state index in [0.717, 1.165) is 5.84 Å². The standard InChI is InChI=1S/C12H13N5OS/c13-9-14-12-15-11(8-10-2-1-7-19-10)16-17(12)3-5-18-6-4-17/h1-2,7H,3-6,8H2. The number of morpholine rings is 1. The summed E-state index contributed by atoms with van der Waals surface area (Å²) in [5.74, 6) is 1.25. The summed E-state index contributed by atoms with van der Waals surface area (Å²) in [5, 5.41) is 15.5. The van der Waals surface area contributed by atoms with Gasteiger partial charge in [-0.1, -0.05) is 11.2 Å². The molecule has 2 aliphatic heterocycles. The van der Waals surface area contributed by atoms with Crippen LogP contribution in [0.2, 0.25) is 0 Å². The van der Waals surface area contributed by atoms with Gasteiger partial charge in [-0.2, -0.15) is 4.99 Å². The fraction of sp³-hybridized carbons (Fsp3) is 0.417. The lowest BCUT2D eigenvalue weighted by Gasteiger charge is -2.32. The van der Waals surface area contributed by atoms with Crippen LogP contribution in [-0.4, -0.2) is 48.7 Å². The van der Waals surface area contributed by atoms with E-state index in [9.17, 15) is 0 Å². The van der Waals surface area contributed by atoms with Gasteiger partial charge in [-0.05, 0) is 11.4 Å². The topological polar surface area (TPSA) is 68.6 Å². The first kappa shape index (κ1) is 12.4. The smallest absolute Gasteiger partial charge is 0.261 e. The van der Waals surface area contributed by atoms with Gasteiger partial charge in [0.15, 0.2) is 5.84 Å². The van der Waals surface area contributed by atoms with Crippen molar-refractivity contribution in [2.75, 3.05) is 26.3 Å². The molecule has 0 bridgehead atoms.